The Labute approximate surface area is 64.4 Å². The zero-order valence-corrected chi connectivity index (χ0v) is 7.55. The van der Waals surface area contributed by atoms with E-state index in [0.717, 1.165) is 24.2 Å². The van der Waals surface area contributed by atoms with Gasteiger partial charge in [-0.15, -0.1) is 6.54 Å². The molecule has 0 saturated heterocycles. The number of hydrogen-bond acceptors (Lipinski definition) is 1. The van der Waals surface area contributed by atoms with E-state index in [4.69, 9.17) is 4.74 Å². The summed E-state index contributed by atoms with van der Waals surface area (Å²) in [4.78, 5) is 0. The fourth-order valence-electron chi connectivity index (χ4n) is 0.736. The molecule has 0 rings (SSSR count). The summed E-state index contributed by atoms with van der Waals surface area (Å²) in [7, 11) is 3.94. The Kier molecular flexibility index (Phi) is 4.65. The maximum absolute atomic E-state index is 4.97. The van der Waals surface area contributed by atoms with Crippen LogP contribution in [-0.4, -0.2) is 38.3 Å². The Bertz CT molecular complexity index is 79.3. The summed E-state index contributed by atoms with van der Waals surface area (Å²) in [6.07, 6.45) is 0. The predicted octanol–water partition coefficient (Wildman–Crippen LogP) is 1.28. The lowest BCUT2D eigenvalue weighted by atomic mass is 10.4. The van der Waals surface area contributed by atoms with Crippen molar-refractivity contribution in [3.63, 3.8) is 0 Å². The first kappa shape index (κ1) is 9.92. The van der Waals surface area contributed by atoms with Gasteiger partial charge in [0, 0.05) is 14.2 Å². The van der Waals surface area contributed by atoms with Gasteiger partial charge in [0.05, 0.1) is 13.1 Å². The van der Waals surface area contributed by atoms with E-state index in [0.29, 0.717) is 0 Å². The number of hydrogen-bond donors (Lipinski definition) is 0. The molecule has 0 radical (unpaired) electrons. The van der Waals surface area contributed by atoms with E-state index in [9.17, 15) is 0 Å². The lowest BCUT2D eigenvalue weighted by Gasteiger charge is -2.41. The van der Waals surface area contributed by atoms with Gasteiger partial charge in [-0.05, 0) is 20.5 Å². The van der Waals surface area contributed by atoms with Crippen molar-refractivity contribution >= 4 is 0 Å². The minimum Gasteiger partial charge on any atom is -0.456 e. The molecule has 0 heterocycles. The van der Waals surface area contributed by atoms with Crippen molar-refractivity contribution in [1.29, 1.82) is 0 Å². The van der Waals surface area contributed by atoms with Crippen molar-refractivity contribution in [3.8, 4) is 0 Å². The Balaban J connectivity index is 3.58. The first-order valence-corrected chi connectivity index (χ1v) is 3.86. The maximum Gasteiger partial charge on any atom is 0.0516 e. The van der Waals surface area contributed by atoms with Crippen molar-refractivity contribution < 1.29 is 9.22 Å². The summed E-state index contributed by atoms with van der Waals surface area (Å²) in [6, 6.07) is 0. The van der Waals surface area contributed by atoms with Gasteiger partial charge in [0.25, 0.3) is 0 Å². The Morgan fingerprint density at radius 3 is 2.10 bits per heavy atom. The summed E-state index contributed by atoms with van der Waals surface area (Å²) in [5.41, 5.74) is 0. The third-order valence-electron chi connectivity index (χ3n) is 2.13. The lowest BCUT2D eigenvalue weighted by molar-refractivity contribution is -0.877. The highest BCUT2D eigenvalue weighted by molar-refractivity contribution is 4.48. The zero-order chi connectivity index (χ0) is 8.04. The second-order valence-corrected chi connectivity index (χ2v) is 2.75. The molecule has 0 aliphatic rings. The normalized spacial score (nSPS) is 12.0. The van der Waals surface area contributed by atoms with Crippen LogP contribution in [0, 0.1) is 6.54 Å². The van der Waals surface area contributed by atoms with Crippen molar-refractivity contribution in [2.45, 2.75) is 13.8 Å². The van der Waals surface area contributed by atoms with E-state index >= 15 is 0 Å². The first-order valence-electron chi connectivity index (χ1n) is 3.86. The largest absolute Gasteiger partial charge is 0.456 e. The van der Waals surface area contributed by atoms with Crippen LogP contribution in [0.5, 0.6) is 0 Å². The van der Waals surface area contributed by atoms with E-state index in [1.54, 1.807) is 7.11 Å². The molecule has 0 aromatic carbocycles. The van der Waals surface area contributed by atoms with Crippen LogP contribution in [0.2, 0.25) is 0 Å². The van der Waals surface area contributed by atoms with Gasteiger partial charge < -0.3 is 9.22 Å². The standard InChI is InChI=1S/C8H19NO/c1-5-9(3,6-2)7-8-10-4/h7H,5-6,8H2,1-4H3. The average Bonchev–Trinajstić information content (AvgIpc) is 2.00. The highest BCUT2D eigenvalue weighted by atomic mass is 16.5. The molecule has 0 aromatic rings. The van der Waals surface area contributed by atoms with Crippen LogP contribution in [0.4, 0.5) is 0 Å². The molecule has 0 N–H and O–H groups in total. The van der Waals surface area contributed by atoms with Gasteiger partial charge in [0.2, 0.25) is 0 Å². The zero-order valence-electron chi connectivity index (χ0n) is 7.55. The molecule has 0 atom stereocenters. The average molecular weight is 145 g/mol. The van der Waals surface area contributed by atoms with Crippen LogP contribution in [-0.2, 0) is 4.74 Å². The minimum absolute atomic E-state index is 0.748. The number of nitrogens with zero attached hydrogens (tertiary/aromatic N) is 1. The molecule has 2 heteroatoms. The molecule has 0 unspecified atom stereocenters. The molecule has 0 spiro atoms. The van der Waals surface area contributed by atoms with Crippen LogP contribution in [0.25, 0.3) is 0 Å². The molecule has 0 bridgehead atoms. The van der Waals surface area contributed by atoms with E-state index < -0.39 is 0 Å². The van der Waals surface area contributed by atoms with Gasteiger partial charge in [0.1, 0.15) is 0 Å². The molecule has 0 fully saturated rings. The van der Waals surface area contributed by atoms with Crippen LogP contribution in [0.15, 0.2) is 0 Å². The number of ether oxygens (including phenoxy) is 1. The molecule has 2 nitrogen and oxygen atoms in total. The quantitative estimate of drug-likeness (QED) is 0.418. The van der Waals surface area contributed by atoms with E-state index in [2.05, 4.69) is 27.4 Å². The molecule has 0 aliphatic carbocycles. The van der Waals surface area contributed by atoms with Gasteiger partial charge in [-0.3, -0.25) is 0 Å². The predicted molar refractivity (Wildman–Crippen MR) is 43.4 cm³/mol. The van der Waals surface area contributed by atoms with Crippen molar-refractivity contribution in [2.24, 2.45) is 0 Å². The van der Waals surface area contributed by atoms with Gasteiger partial charge in [0.15, 0.2) is 0 Å². The second kappa shape index (κ2) is 4.69. The monoisotopic (exact) mass is 145 g/mol. The summed E-state index contributed by atoms with van der Waals surface area (Å²) in [5.74, 6) is 0. The summed E-state index contributed by atoms with van der Waals surface area (Å²) in [6.45, 7) is 9.60. The molecule has 0 aliphatic heterocycles. The van der Waals surface area contributed by atoms with Crippen LogP contribution < -0.4 is 0 Å². The Morgan fingerprint density at radius 2 is 1.80 bits per heavy atom. The fraction of sp³-hybridized carbons (Fsp3) is 0.875. The number of quaternary nitrogens is 1. The van der Waals surface area contributed by atoms with Crippen LogP contribution >= 0.6 is 0 Å². The third-order valence-corrected chi connectivity index (χ3v) is 2.13. The highest BCUT2D eigenvalue weighted by Crippen LogP contribution is 2.04. The summed E-state index contributed by atoms with van der Waals surface area (Å²) < 4.78 is 5.96. The van der Waals surface area contributed by atoms with Crippen LogP contribution in [0.1, 0.15) is 13.8 Å². The lowest BCUT2D eigenvalue weighted by Crippen LogP contribution is -2.41. The fourth-order valence-corrected chi connectivity index (χ4v) is 0.736. The highest BCUT2D eigenvalue weighted by Gasteiger charge is 2.04. The van der Waals surface area contributed by atoms with Crippen molar-refractivity contribution in [2.75, 3.05) is 33.9 Å². The third kappa shape index (κ3) is 3.18. The minimum atomic E-state index is 0.748. The molecule has 0 saturated carbocycles. The number of rotatable bonds is 5. The molecule has 0 aromatic heterocycles. The maximum atomic E-state index is 4.97. The van der Waals surface area contributed by atoms with Gasteiger partial charge >= 0.3 is 0 Å². The van der Waals surface area contributed by atoms with Gasteiger partial charge in [-0.1, -0.05) is 0 Å². The van der Waals surface area contributed by atoms with Crippen molar-refractivity contribution in [1.82, 2.24) is 0 Å². The number of likely N-dealkylation sites (N-methyl/N-ethyl adjacent to an activating group) is 1. The van der Waals surface area contributed by atoms with E-state index in [1.807, 2.05) is 0 Å². The van der Waals surface area contributed by atoms with Gasteiger partial charge in [-0.2, -0.15) is 0 Å². The first-order chi connectivity index (χ1) is 4.68. The Hall–Kier alpha value is -0.0800. The smallest absolute Gasteiger partial charge is 0.0516 e. The summed E-state index contributed by atoms with van der Waals surface area (Å²) in [5, 5.41) is 0. The molecular weight excluding hydrogens is 126 g/mol. The molecule has 10 heavy (non-hydrogen) atoms. The SMILES string of the molecule is CC[N+](C)([CH-]COC)CC. The molecular formula is C8H19NO. The Morgan fingerprint density at radius 1 is 1.30 bits per heavy atom. The van der Waals surface area contributed by atoms with E-state index in [1.165, 1.54) is 0 Å². The second-order valence-electron chi connectivity index (χ2n) is 2.75. The van der Waals surface area contributed by atoms with Crippen LogP contribution in [0.3, 0.4) is 0 Å². The van der Waals surface area contributed by atoms with Crippen molar-refractivity contribution in [3.05, 3.63) is 6.54 Å². The molecule has 62 valence electrons. The van der Waals surface area contributed by atoms with E-state index in [-0.39, 0.29) is 0 Å². The number of methoxy groups -OCH3 is 1. The molecule has 0 amide bonds. The van der Waals surface area contributed by atoms with Gasteiger partial charge in [-0.25, -0.2) is 0 Å². The summed E-state index contributed by atoms with van der Waals surface area (Å²) >= 11 is 0. The topological polar surface area (TPSA) is 9.23 Å².